The van der Waals surface area contributed by atoms with Gasteiger partial charge in [0, 0.05) is 25.4 Å². The van der Waals surface area contributed by atoms with Crippen LogP contribution in [0.2, 0.25) is 0 Å². The standard InChI is InChI=1S/C13H22N6OS/c1-2-4-15-13-18-11(10-12(19-13)17-9-16-10)14-5-8-21-7-3-6-20/h9,20H,2-8H2,1H3,(H3,14,15,16,17,18,19). The van der Waals surface area contributed by atoms with Crippen molar-refractivity contribution in [1.29, 1.82) is 0 Å². The van der Waals surface area contributed by atoms with E-state index in [0.29, 0.717) is 11.6 Å². The van der Waals surface area contributed by atoms with Gasteiger partial charge in [0.25, 0.3) is 0 Å². The predicted octanol–water partition coefficient (Wildman–Crippen LogP) is 1.70. The average molecular weight is 310 g/mol. The lowest BCUT2D eigenvalue weighted by atomic mass is 10.4. The van der Waals surface area contributed by atoms with Crippen molar-refractivity contribution < 1.29 is 5.11 Å². The molecule has 21 heavy (non-hydrogen) atoms. The van der Waals surface area contributed by atoms with E-state index in [2.05, 4.69) is 37.5 Å². The third kappa shape index (κ3) is 4.75. The zero-order chi connectivity index (χ0) is 14.9. The number of imidazole rings is 1. The highest BCUT2D eigenvalue weighted by Crippen LogP contribution is 2.18. The van der Waals surface area contributed by atoms with E-state index in [1.165, 1.54) is 0 Å². The summed E-state index contributed by atoms with van der Waals surface area (Å²) in [4.78, 5) is 16.1. The molecule has 0 saturated heterocycles. The minimum Gasteiger partial charge on any atom is -0.396 e. The number of rotatable bonds is 10. The number of H-pyrrole nitrogens is 1. The predicted molar refractivity (Wildman–Crippen MR) is 88.0 cm³/mol. The normalized spacial score (nSPS) is 11.0. The van der Waals surface area contributed by atoms with Crippen LogP contribution in [0.1, 0.15) is 19.8 Å². The van der Waals surface area contributed by atoms with Gasteiger partial charge in [0.05, 0.1) is 6.33 Å². The number of thioether (sulfide) groups is 1. The second-order valence-corrected chi connectivity index (χ2v) is 5.76. The van der Waals surface area contributed by atoms with E-state index in [-0.39, 0.29) is 6.61 Å². The van der Waals surface area contributed by atoms with Gasteiger partial charge in [-0.25, -0.2) is 4.98 Å². The lowest BCUT2D eigenvalue weighted by Gasteiger charge is -2.09. The Morgan fingerprint density at radius 2 is 2.14 bits per heavy atom. The van der Waals surface area contributed by atoms with Gasteiger partial charge in [0.2, 0.25) is 5.95 Å². The van der Waals surface area contributed by atoms with E-state index in [0.717, 1.165) is 48.8 Å². The first-order valence-corrected chi connectivity index (χ1v) is 8.38. The summed E-state index contributed by atoms with van der Waals surface area (Å²) in [6.45, 7) is 4.01. The minimum absolute atomic E-state index is 0.258. The van der Waals surface area contributed by atoms with Gasteiger partial charge in [-0.15, -0.1) is 0 Å². The van der Waals surface area contributed by atoms with Crippen molar-refractivity contribution in [1.82, 2.24) is 19.9 Å². The van der Waals surface area contributed by atoms with Gasteiger partial charge in [0.1, 0.15) is 5.52 Å². The van der Waals surface area contributed by atoms with Crippen LogP contribution < -0.4 is 10.6 Å². The Morgan fingerprint density at radius 3 is 2.95 bits per heavy atom. The number of nitrogens with one attached hydrogen (secondary N) is 3. The lowest BCUT2D eigenvalue weighted by Crippen LogP contribution is -2.10. The number of nitrogens with zero attached hydrogens (tertiary/aromatic N) is 3. The van der Waals surface area contributed by atoms with Crippen LogP contribution >= 0.6 is 11.8 Å². The molecule has 0 aliphatic rings. The zero-order valence-corrected chi connectivity index (χ0v) is 13.0. The molecule has 0 aliphatic carbocycles. The summed E-state index contributed by atoms with van der Waals surface area (Å²) in [5.41, 5.74) is 1.50. The maximum absolute atomic E-state index is 8.73. The van der Waals surface area contributed by atoms with Crippen LogP contribution in [-0.2, 0) is 0 Å². The molecule has 2 aromatic heterocycles. The highest BCUT2D eigenvalue weighted by molar-refractivity contribution is 7.99. The Labute approximate surface area is 128 Å². The van der Waals surface area contributed by atoms with E-state index >= 15 is 0 Å². The number of hydrogen-bond acceptors (Lipinski definition) is 7. The molecule has 4 N–H and O–H groups in total. The summed E-state index contributed by atoms with van der Waals surface area (Å²) in [6.07, 6.45) is 3.49. The van der Waals surface area contributed by atoms with Crippen molar-refractivity contribution in [2.24, 2.45) is 0 Å². The summed E-state index contributed by atoms with van der Waals surface area (Å²) in [7, 11) is 0. The molecule has 7 nitrogen and oxygen atoms in total. The average Bonchev–Trinajstić information content (AvgIpc) is 2.97. The first-order valence-electron chi connectivity index (χ1n) is 7.22. The van der Waals surface area contributed by atoms with Gasteiger partial charge < -0.3 is 20.7 Å². The monoisotopic (exact) mass is 310 g/mol. The quantitative estimate of drug-likeness (QED) is 0.496. The molecule has 0 saturated carbocycles. The molecular formula is C13H22N6OS. The van der Waals surface area contributed by atoms with Crippen LogP contribution in [0.5, 0.6) is 0 Å². The molecule has 0 aliphatic heterocycles. The van der Waals surface area contributed by atoms with Crippen molar-refractivity contribution in [2.75, 3.05) is 41.8 Å². The number of fused-ring (bicyclic) bond motifs is 1. The fraction of sp³-hybridized carbons (Fsp3) is 0.615. The highest BCUT2D eigenvalue weighted by atomic mass is 32.2. The van der Waals surface area contributed by atoms with Crippen molar-refractivity contribution in [2.45, 2.75) is 19.8 Å². The molecule has 8 heteroatoms. The molecule has 0 spiro atoms. The maximum atomic E-state index is 8.73. The Kier molecular flexibility index (Phi) is 6.55. The van der Waals surface area contributed by atoms with E-state index in [1.807, 2.05) is 11.8 Å². The molecule has 0 unspecified atom stereocenters. The first kappa shape index (κ1) is 15.8. The van der Waals surface area contributed by atoms with Gasteiger partial charge in [-0.3, -0.25) is 0 Å². The number of hydrogen-bond donors (Lipinski definition) is 4. The summed E-state index contributed by atoms with van der Waals surface area (Å²) in [5.74, 6) is 3.33. The maximum Gasteiger partial charge on any atom is 0.226 e. The van der Waals surface area contributed by atoms with Crippen LogP contribution in [0, 0.1) is 0 Å². The zero-order valence-electron chi connectivity index (χ0n) is 12.2. The number of aromatic amines is 1. The minimum atomic E-state index is 0.258. The Balaban J connectivity index is 1.95. The second-order valence-electron chi connectivity index (χ2n) is 4.54. The van der Waals surface area contributed by atoms with Gasteiger partial charge in [-0.2, -0.15) is 21.7 Å². The summed E-state index contributed by atoms with van der Waals surface area (Å²) < 4.78 is 0. The number of aliphatic hydroxyl groups excluding tert-OH is 1. The van der Waals surface area contributed by atoms with E-state index < -0.39 is 0 Å². The third-order valence-electron chi connectivity index (χ3n) is 2.80. The Morgan fingerprint density at radius 1 is 1.24 bits per heavy atom. The molecule has 0 aromatic carbocycles. The van der Waals surface area contributed by atoms with Crippen LogP contribution in [0.4, 0.5) is 11.8 Å². The molecule has 2 rings (SSSR count). The Hall–Kier alpha value is -1.54. The van der Waals surface area contributed by atoms with Gasteiger partial charge in [0.15, 0.2) is 11.5 Å². The largest absolute Gasteiger partial charge is 0.396 e. The fourth-order valence-corrected chi connectivity index (χ4v) is 2.57. The van der Waals surface area contributed by atoms with Crippen molar-refractivity contribution >= 4 is 34.7 Å². The van der Waals surface area contributed by atoms with Crippen molar-refractivity contribution in [3.63, 3.8) is 0 Å². The molecule has 116 valence electrons. The summed E-state index contributed by atoms with van der Waals surface area (Å²) in [5, 5.41) is 15.2. The van der Waals surface area contributed by atoms with Gasteiger partial charge >= 0.3 is 0 Å². The van der Waals surface area contributed by atoms with Crippen LogP contribution in [0.3, 0.4) is 0 Å². The second kappa shape index (κ2) is 8.68. The van der Waals surface area contributed by atoms with E-state index in [1.54, 1.807) is 6.33 Å². The summed E-state index contributed by atoms with van der Waals surface area (Å²) >= 11 is 1.82. The molecule has 0 atom stereocenters. The lowest BCUT2D eigenvalue weighted by molar-refractivity contribution is 0.296. The van der Waals surface area contributed by atoms with Crippen LogP contribution in [0.15, 0.2) is 6.33 Å². The third-order valence-corrected chi connectivity index (χ3v) is 3.87. The van der Waals surface area contributed by atoms with Gasteiger partial charge in [-0.05, 0) is 18.6 Å². The fourth-order valence-electron chi connectivity index (χ4n) is 1.79. The number of aliphatic hydroxyl groups is 1. The molecular weight excluding hydrogens is 288 g/mol. The van der Waals surface area contributed by atoms with E-state index in [9.17, 15) is 0 Å². The van der Waals surface area contributed by atoms with E-state index in [4.69, 9.17) is 5.11 Å². The molecule has 0 amide bonds. The van der Waals surface area contributed by atoms with Crippen LogP contribution in [-0.4, -0.2) is 56.2 Å². The van der Waals surface area contributed by atoms with Gasteiger partial charge in [-0.1, -0.05) is 6.92 Å². The topological polar surface area (TPSA) is 98.8 Å². The smallest absolute Gasteiger partial charge is 0.226 e. The number of anilines is 2. The molecule has 2 heterocycles. The van der Waals surface area contributed by atoms with Crippen LogP contribution in [0.25, 0.3) is 11.2 Å². The first-order chi connectivity index (χ1) is 10.3. The van der Waals surface area contributed by atoms with Crippen molar-refractivity contribution in [3.05, 3.63) is 6.33 Å². The molecule has 0 radical (unpaired) electrons. The molecule has 0 fully saturated rings. The molecule has 2 aromatic rings. The number of aromatic nitrogens is 4. The molecule has 0 bridgehead atoms. The van der Waals surface area contributed by atoms with Crippen molar-refractivity contribution in [3.8, 4) is 0 Å². The Bertz CT molecular complexity index is 546. The highest BCUT2D eigenvalue weighted by Gasteiger charge is 2.09. The SMILES string of the molecule is CCCNc1nc(NCCSCCCO)c2[nH]cnc2n1. The summed E-state index contributed by atoms with van der Waals surface area (Å²) in [6, 6.07) is 0.